The summed E-state index contributed by atoms with van der Waals surface area (Å²) < 4.78 is 5.81. The van der Waals surface area contributed by atoms with E-state index < -0.39 is 0 Å². The highest BCUT2D eigenvalue weighted by molar-refractivity contribution is 6.19. The molecule has 1 heterocycles. The first kappa shape index (κ1) is 12.7. The molecule has 1 amide bonds. The van der Waals surface area contributed by atoms with Gasteiger partial charge in [0.25, 0.3) is 5.91 Å². The maximum absolute atomic E-state index is 12.6. The first-order valence-corrected chi connectivity index (χ1v) is 7.09. The highest BCUT2D eigenvalue weighted by Gasteiger charge is 2.15. The lowest BCUT2D eigenvalue weighted by atomic mass is 10.1. The van der Waals surface area contributed by atoms with Crippen LogP contribution in [0, 0.1) is 0 Å². The number of nitrogens with one attached hydrogen (secondary N) is 1. The molecule has 4 aromatic rings. The topological polar surface area (TPSA) is 42.2 Å². The summed E-state index contributed by atoms with van der Waals surface area (Å²) in [4.78, 5) is 12.6. The molecule has 0 aliphatic heterocycles. The van der Waals surface area contributed by atoms with Crippen LogP contribution in [0.5, 0.6) is 0 Å². The van der Waals surface area contributed by atoms with Gasteiger partial charge in [0, 0.05) is 16.5 Å². The van der Waals surface area contributed by atoms with Crippen LogP contribution in [0.4, 0.5) is 5.69 Å². The maximum Gasteiger partial charge on any atom is 0.256 e. The first-order valence-electron chi connectivity index (χ1n) is 7.09. The van der Waals surface area contributed by atoms with Gasteiger partial charge in [-0.3, -0.25) is 4.79 Å². The molecule has 106 valence electrons. The molecule has 0 unspecified atom stereocenters. The van der Waals surface area contributed by atoms with E-state index in [9.17, 15) is 4.79 Å². The third kappa shape index (κ3) is 2.04. The fourth-order valence-corrected chi connectivity index (χ4v) is 2.68. The zero-order valence-corrected chi connectivity index (χ0v) is 11.7. The average Bonchev–Trinajstić information content (AvgIpc) is 2.94. The SMILES string of the molecule is O=C(Nc1ccccc1)c1cccc2oc3ccccc3c12. The van der Waals surface area contributed by atoms with E-state index in [1.54, 1.807) is 0 Å². The van der Waals surface area contributed by atoms with Gasteiger partial charge in [-0.1, -0.05) is 42.5 Å². The number of furan rings is 1. The van der Waals surface area contributed by atoms with Crippen molar-refractivity contribution in [2.75, 3.05) is 5.32 Å². The number of hydrogen-bond donors (Lipinski definition) is 1. The van der Waals surface area contributed by atoms with Gasteiger partial charge in [-0.2, -0.15) is 0 Å². The van der Waals surface area contributed by atoms with Crippen molar-refractivity contribution in [3.8, 4) is 0 Å². The standard InChI is InChI=1S/C19H13NO2/c21-19(20-13-7-2-1-3-8-13)15-10-6-12-17-18(15)14-9-4-5-11-16(14)22-17/h1-12H,(H,20,21). The van der Waals surface area contributed by atoms with Gasteiger partial charge in [0.15, 0.2) is 0 Å². The summed E-state index contributed by atoms with van der Waals surface area (Å²) >= 11 is 0. The molecule has 0 spiro atoms. The van der Waals surface area contributed by atoms with Crippen LogP contribution in [-0.4, -0.2) is 5.91 Å². The smallest absolute Gasteiger partial charge is 0.256 e. The van der Waals surface area contributed by atoms with Crippen LogP contribution in [-0.2, 0) is 0 Å². The quantitative estimate of drug-likeness (QED) is 0.573. The summed E-state index contributed by atoms with van der Waals surface area (Å²) in [5, 5.41) is 4.73. The van der Waals surface area contributed by atoms with Gasteiger partial charge in [0.1, 0.15) is 11.2 Å². The lowest BCUT2D eigenvalue weighted by molar-refractivity contribution is 0.102. The second-order valence-electron chi connectivity index (χ2n) is 5.10. The van der Waals surface area contributed by atoms with E-state index in [1.807, 2.05) is 72.8 Å². The molecular formula is C19H13NO2. The molecule has 0 aliphatic carbocycles. The molecule has 0 aliphatic rings. The van der Waals surface area contributed by atoms with Crippen molar-refractivity contribution < 1.29 is 9.21 Å². The highest BCUT2D eigenvalue weighted by Crippen LogP contribution is 2.31. The van der Waals surface area contributed by atoms with E-state index in [2.05, 4.69) is 5.32 Å². The second kappa shape index (κ2) is 5.04. The molecule has 0 saturated heterocycles. The highest BCUT2D eigenvalue weighted by atomic mass is 16.3. The number of para-hydroxylation sites is 2. The number of rotatable bonds is 2. The third-order valence-corrected chi connectivity index (χ3v) is 3.68. The summed E-state index contributed by atoms with van der Waals surface area (Å²) in [5.74, 6) is -0.136. The van der Waals surface area contributed by atoms with Crippen LogP contribution in [0.3, 0.4) is 0 Å². The molecule has 0 bridgehead atoms. The van der Waals surface area contributed by atoms with Crippen LogP contribution in [0.15, 0.2) is 77.2 Å². The molecule has 4 rings (SSSR count). The van der Waals surface area contributed by atoms with Crippen molar-refractivity contribution >= 4 is 33.5 Å². The van der Waals surface area contributed by atoms with E-state index in [0.717, 1.165) is 27.6 Å². The van der Waals surface area contributed by atoms with Gasteiger partial charge in [-0.25, -0.2) is 0 Å². The lowest BCUT2D eigenvalue weighted by Gasteiger charge is -2.06. The predicted octanol–water partition coefficient (Wildman–Crippen LogP) is 4.84. The van der Waals surface area contributed by atoms with Crippen molar-refractivity contribution in [3.05, 3.63) is 78.4 Å². The zero-order chi connectivity index (χ0) is 14.9. The Kier molecular flexibility index (Phi) is 2.90. The van der Waals surface area contributed by atoms with Crippen LogP contribution >= 0.6 is 0 Å². The number of anilines is 1. The molecule has 3 aromatic carbocycles. The van der Waals surface area contributed by atoms with Gasteiger partial charge < -0.3 is 9.73 Å². The number of carbonyl (C=O) groups excluding carboxylic acids is 1. The fourth-order valence-electron chi connectivity index (χ4n) is 2.68. The molecule has 3 heteroatoms. The summed E-state index contributed by atoms with van der Waals surface area (Å²) in [6.45, 7) is 0. The molecule has 0 saturated carbocycles. The minimum absolute atomic E-state index is 0.136. The number of benzene rings is 3. The number of hydrogen-bond acceptors (Lipinski definition) is 2. The van der Waals surface area contributed by atoms with Gasteiger partial charge in [-0.15, -0.1) is 0 Å². The molecule has 1 aromatic heterocycles. The van der Waals surface area contributed by atoms with Crippen LogP contribution in [0.25, 0.3) is 21.9 Å². The largest absolute Gasteiger partial charge is 0.456 e. The van der Waals surface area contributed by atoms with E-state index in [0.29, 0.717) is 5.56 Å². The third-order valence-electron chi connectivity index (χ3n) is 3.68. The lowest BCUT2D eigenvalue weighted by Crippen LogP contribution is -2.11. The summed E-state index contributed by atoms with van der Waals surface area (Å²) in [6, 6.07) is 22.7. The average molecular weight is 287 g/mol. The van der Waals surface area contributed by atoms with Crippen molar-refractivity contribution in [2.24, 2.45) is 0 Å². The van der Waals surface area contributed by atoms with Crippen molar-refractivity contribution in [3.63, 3.8) is 0 Å². The normalized spacial score (nSPS) is 10.9. The predicted molar refractivity (Wildman–Crippen MR) is 88.1 cm³/mol. The van der Waals surface area contributed by atoms with Gasteiger partial charge in [-0.05, 0) is 30.3 Å². The molecular weight excluding hydrogens is 274 g/mol. The Bertz CT molecular complexity index is 970. The zero-order valence-electron chi connectivity index (χ0n) is 11.7. The maximum atomic E-state index is 12.6. The summed E-state index contributed by atoms with van der Waals surface area (Å²) in [7, 11) is 0. The van der Waals surface area contributed by atoms with Crippen LogP contribution in [0.1, 0.15) is 10.4 Å². The Labute approximate surface area is 127 Å². The van der Waals surface area contributed by atoms with Gasteiger partial charge >= 0.3 is 0 Å². The molecule has 0 atom stereocenters. The summed E-state index contributed by atoms with van der Waals surface area (Å²) in [5.41, 5.74) is 2.91. The van der Waals surface area contributed by atoms with Crippen molar-refractivity contribution in [1.82, 2.24) is 0 Å². The minimum Gasteiger partial charge on any atom is -0.456 e. The van der Waals surface area contributed by atoms with Gasteiger partial charge in [0.05, 0.1) is 5.56 Å². The minimum atomic E-state index is -0.136. The fraction of sp³-hybridized carbons (Fsp3) is 0. The number of fused-ring (bicyclic) bond motifs is 3. The van der Waals surface area contributed by atoms with Crippen LogP contribution in [0.2, 0.25) is 0 Å². The molecule has 1 N–H and O–H groups in total. The second-order valence-corrected chi connectivity index (χ2v) is 5.10. The Morgan fingerprint density at radius 3 is 2.36 bits per heavy atom. The number of amides is 1. The van der Waals surface area contributed by atoms with E-state index in [-0.39, 0.29) is 5.91 Å². The first-order chi connectivity index (χ1) is 10.8. The molecule has 0 fully saturated rings. The molecule has 0 radical (unpaired) electrons. The number of carbonyl (C=O) groups is 1. The van der Waals surface area contributed by atoms with E-state index in [4.69, 9.17) is 4.42 Å². The Morgan fingerprint density at radius 1 is 0.773 bits per heavy atom. The Balaban J connectivity index is 1.86. The summed E-state index contributed by atoms with van der Waals surface area (Å²) in [6.07, 6.45) is 0. The molecule has 3 nitrogen and oxygen atoms in total. The van der Waals surface area contributed by atoms with Crippen molar-refractivity contribution in [1.29, 1.82) is 0 Å². The Morgan fingerprint density at radius 2 is 1.50 bits per heavy atom. The van der Waals surface area contributed by atoms with Gasteiger partial charge in [0.2, 0.25) is 0 Å². The molecule has 22 heavy (non-hydrogen) atoms. The Hall–Kier alpha value is -3.07. The van der Waals surface area contributed by atoms with E-state index in [1.165, 1.54) is 0 Å². The van der Waals surface area contributed by atoms with Crippen LogP contribution < -0.4 is 5.32 Å². The van der Waals surface area contributed by atoms with Crippen molar-refractivity contribution in [2.45, 2.75) is 0 Å². The van der Waals surface area contributed by atoms with E-state index >= 15 is 0 Å². The monoisotopic (exact) mass is 287 g/mol.